The van der Waals surface area contributed by atoms with Gasteiger partial charge in [0.15, 0.2) is 0 Å². The molecular formula is C56H113NO4. The summed E-state index contributed by atoms with van der Waals surface area (Å²) >= 11 is 0. The smallest absolute Gasteiger partial charge is 0.226 e. The van der Waals surface area contributed by atoms with Crippen LogP contribution in [0.15, 0.2) is 0 Å². The van der Waals surface area contributed by atoms with Crippen molar-refractivity contribution in [1.29, 1.82) is 0 Å². The minimum Gasteiger partial charge on any atom is -0.379 e. The molecule has 0 heterocycles. The van der Waals surface area contributed by atoms with Crippen LogP contribution in [0.4, 0.5) is 0 Å². The molecular weight excluding hydrogens is 751 g/mol. The molecule has 0 radical (unpaired) electrons. The van der Waals surface area contributed by atoms with Gasteiger partial charge in [-0.15, -0.1) is 0 Å². The van der Waals surface area contributed by atoms with Crippen molar-refractivity contribution in [3.8, 4) is 0 Å². The first kappa shape index (κ1) is 60.4. The minimum atomic E-state index is -0.564. The zero-order valence-electron chi connectivity index (χ0n) is 43.8. The van der Waals surface area contributed by atoms with Crippen LogP contribution in [-0.2, 0) is 19.0 Å². The molecule has 366 valence electrons. The highest BCUT2D eigenvalue weighted by molar-refractivity contribution is 5.82. The van der Waals surface area contributed by atoms with Gasteiger partial charge in [0.1, 0.15) is 0 Å². The molecule has 1 atom stereocenters. The van der Waals surface area contributed by atoms with Crippen molar-refractivity contribution < 1.29 is 19.0 Å². The van der Waals surface area contributed by atoms with Crippen molar-refractivity contribution in [3.63, 3.8) is 0 Å². The first-order valence-corrected chi connectivity index (χ1v) is 27.2. The van der Waals surface area contributed by atoms with E-state index in [0.717, 1.165) is 32.3 Å². The van der Waals surface area contributed by atoms with Gasteiger partial charge >= 0.3 is 0 Å². The van der Waals surface area contributed by atoms with E-state index in [1.54, 1.807) is 7.11 Å². The SMILES string of the molecule is CCCCCCCCCCCCCCCCCCCC(CNC(=O)C(C)(C)C(C)(C)CC(C)(C)OCCC(C)(C)OC)OCCCCCCCCCCCCCCCCCC. The lowest BCUT2D eigenvalue weighted by molar-refractivity contribution is -0.141. The first-order valence-electron chi connectivity index (χ1n) is 27.2. The molecule has 0 aromatic carbocycles. The summed E-state index contributed by atoms with van der Waals surface area (Å²) in [5, 5.41) is 3.38. The average Bonchev–Trinajstić information content (AvgIpc) is 3.21. The summed E-state index contributed by atoms with van der Waals surface area (Å²) in [6.07, 6.45) is 48.4. The molecule has 5 nitrogen and oxygen atoms in total. The summed E-state index contributed by atoms with van der Waals surface area (Å²) in [6.45, 7) is 23.8. The topological polar surface area (TPSA) is 56.8 Å². The van der Waals surface area contributed by atoms with E-state index in [9.17, 15) is 4.79 Å². The van der Waals surface area contributed by atoms with E-state index in [-0.39, 0.29) is 28.6 Å². The molecule has 0 rings (SSSR count). The molecule has 0 aliphatic heterocycles. The third kappa shape index (κ3) is 35.3. The maximum atomic E-state index is 13.9. The summed E-state index contributed by atoms with van der Waals surface area (Å²) in [6, 6.07) is 0. The second kappa shape index (κ2) is 38.6. The van der Waals surface area contributed by atoms with Crippen molar-refractivity contribution >= 4 is 5.91 Å². The lowest BCUT2D eigenvalue weighted by Gasteiger charge is -2.45. The molecule has 1 unspecified atom stereocenters. The van der Waals surface area contributed by atoms with Crippen LogP contribution in [0.5, 0.6) is 0 Å². The fraction of sp³-hybridized carbons (Fsp3) is 0.982. The molecule has 0 saturated heterocycles. The summed E-state index contributed by atoms with van der Waals surface area (Å²) in [5.41, 5.74) is -1.39. The Morgan fingerprint density at radius 1 is 0.459 bits per heavy atom. The molecule has 5 heteroatoms. The molecule has 1 amide bonds. The zero-order valence-corrected chi connectivity index (χ0v) is 43.8. The van der Waals surface area contributed by atoms with Gasteiger partial charge in [-0.25, -0.2) is 0 Å². The highest BCUT2D eigenvalue weighted by Gasteiger charge is 2.46. The van der Waals surface area contributed by atoms with Crippen LogP contribution in [0, 0.1) is 10.8 Å². The number of rotatable bonds is 47. The lowest BCUT2D eigenvalue weighted by Crippen LogP contribution is -2.50. The average molecular weight is 865 g/mol. The van der Waals surface area contributed by atoms with Gasteiger partial charge in [0.25, 0.3) is 0 Å². The zero-order chi connectivity index (χ0) is 45.6. The number of carbonyl (C=O) groups excluding carboxylic acids is 1. The predicted molar refractivity (Wildman–Crippen MR) is 269 cm³/mol. The van der Waals surface area contributed by atoms with Crippen LogP contribution < -0.4 is 5.32 Å². The number of hydrogen-bond acceptors (Lipinski definition) is 4. The van der Waals surface area contributed by atoms with Crippen LogP contribution in [-0.4, -0.2) is 50.1 Å². The molecule has 0 aliphatic carbocycles. The quantitative estimate of drug-likeness (QED) is 0.0619. The van der Waals surface area contributed by atoms with E-state index in [2.05, 4.69) is 74.6 Å². The van der Waals surface area contributed by atoms with Gasteiger partial charge in [0.05, 0.1) is 23.9 Å². The van der Waals surface area contributed by atoms with Gasteiger partial charge in [0, 0.05) is 25.7 Å². The Morgan fingerprint density at radius 3 is 1.16 bits per heavy atom. The van der Waals surface area contributed by atoms with E-state index < -0.39 is 5.41 Å². The largest absolute Gasteiger partial charge is 0.379 e. The molecule has 0 fully saturated rings. The van der Waals surface area contributed by atoms with Crippen LogP contribution in [0.25, 0.3) is 0 Å². The van der Waals surface area contributed by atoms with Gasteiger partial charge in [0.2, 0.25) is 5.91 Å². The standard InChI is InChI=1S/C56H113NO4/c1-12-14-16-18-20-22-24-26-28-30-31-33-35-37-39-41-43-45-51(60-47-44-42-40-38-36-34-32-29-27-25-23-21-19-17-15-13-2)49-57-52(58)56(9,10)53(3,4)50-55(7,8)61-48-46-54(5,6)59-11/h51H,12-50H2,1-11H3,(H,57,58). The maximum Gasteiger partial charge on any atom is 0.226 e. The second-order valence-corrected chi connectivity index (χ2v) is 22.0. The second-order valence-electron chi connectivity index (χ2n) is 22.0. The van der Waals surface area contributed by atoms with Crippen molar-refractivity contribution in [3.05, 3.63) is 0 Å². The van der Waals surface area contributed by atoms with Gasteiger partial charge < -0.3 is 19.5 Å². The van der Waals surface area contributed by atoms with Crippen LogP contribution in [0.1, 0.15) is 300 Å². The Bertz CT molecular complexity index is 920. The Labute approximate surface area is 384 Å². The van der Waals surface area contributed by atoms with Gasteiger partial charge in [-0.05, 0) is 58.8 Å². The van der Waals surface area contributed by atoms with Crippen LogP contribution in [0.3, 0.4) is 0 Å². The van der Waals surface area contributed by atoms with Gasteiger partial charge in [-0.2, -0.15) is 0 Å². The highest BCUT2D eigenvalue weighted by atomic mass is 16.5. The summed E-state index contributed by atoms with van der Waals surface area (Å²) in [7, 11) is 1.76. The summed E-state index contributed by atoms with van der Waals surface area (Å²) in [4.78, 5) is 13.9. The number of hydrogen-bond donors (Lipinski definition) is 1. The lowest BCUT2D eigenvalue weighted by atomic mass is 9.63. The van der Waals surface area contributed by atoms with Gasteiger partial charge in [-0.1, -0.05) is 247 Å². The van der Waals surface area contributed by atoms with Crippen LogP contribution in [0.2, 0.25) is 0 Å². The number of amides is 1. The van der Waals surface area contributed by atoms with Crippen molar-refractivity contribution in [2.45, 2.75) is 318 Å². The molecule has 0 saturated carbocycles. The summed E-state index contributed by atoms with van der Waals surface area (Å²) in [5.74, 6) is 0.118. The molecule has 61 heavy (non-hydrogen) atoms. The number of nitrogens with one attached hydrogen (secondary N) is 1. The fourth-order valence-corrected chi connectivity index (χ4v) is 8.99. The van der Waals surface area contributed by atoms with Crippen molar-refractivity contribution in [1.82, 2.24) is 5.32 Å². The Morgan fingerprint density at radius 2 is 0.803 bits per heavy atom. The van der Waals surface area contributed by atoms with E-state index in [4.69, 9.17) is 14.2 Å². The van der Waals surface area contributed by atoms with E-state index in [0.29, 0.717) is 13.2 Å². The molecule has 0 aromatic heterocycles. The fourth-order valence-electron chi connectivity index (χ4n) is 8.99. The molecule has 1 N–H and O–H groups in total. The van der Waals surface area contributed by atoms with Gasteiger partial charge in [-0.3, -0.25) is 4.79 Å². The Hall–Kier alpha value is -0.650. The molecule has 0 spiro atoms. The normalized spacial score (nSPS) is 13.3. The maximum absolute atomic E-state index is 13.9. The molecule has 0 aliphatic rings. The van der Waals surface area contributed by atoms with E-state index in [1.165, 1.54) is 205 Å². The third-order valence-electron chi connectivity index (χ3n) is 14.3. The van der Waals surface area contributed by atoms with Crippen LogP contribution >= 0.6 is 0 Å². The minimum absolute atomic E-state index is 0.0828. The first-order chi connectivity index (χ1) is 29.1. The number of methoxy groups -OCH3 is 1. The van der Waals surface area contributed by atoms with E-state index in [1.807, 2.05) is 0 Å². The summed E-state index contributed by atoms with van der Waals surface area (Å²) < 4.78 is 18.5. The van der Waals surface area contributed by atoms with Crippen molar-refractivity contribution in [2.24, 2.45) is 10.8 Å². The van der Waals surface area contributed by atoms with E-state index >= 15 is 0 Å². The highest BCUT2D eigenvalue weighted by Crippen LogP contribution is 2.45. The number of unbranched alkanes of at least 4 members (excludes halogenated alkanes) is 31. The Kier molecular flexibility index (Phi) is 38.2. The third-order valence-corrected chi connectivity index (χ3v) is 14.3. The van der Waals surface area contributed by atoms with Crippen molar-refractivity contribution in [2.75, 3.05) is 26.9 Å². The monoisotopic (exact) mass is 864 g/mol. The predicted octanol–water partition coefficient (Wildman–Crippen LogP) is 17.8. The molecule has 0 bridgehead atoms. The number of ether oxygens (including phenoxy) is 3. The Balaban J connectivity index is 4.67. The molecule has 0 aromatic rings. The number of carbonyl (C=O) groups is 1.